The van der Waals surface area contributed by atoms with Crippen LogP contribution < -0.4 is 0 Å². The Labute approximate surface area is 397 Å². The summed E-state index contributed by atoms with van der Waals surface area (Å²) in [5.74, 6) is 0. The summed E-state index contributed by atoms with van der Waals surface area (Å²) in [5.41, 5.74) is 11.5. The van der Waals surface area contributed by atoms with Gasteiger partial charge in [-0.2, -0.15) is 0 Å². The van der Waals surface area contributed by atoms with Crippen molar-refractivity contribution < 1.29 is 4.42 Å². The van der Waals surface area contributed by atoms with E-state index in [1.54, 1.807) is 0 Å². The lowest BCUT2D eigenvalue weighted by Gasteiger charge is -2.14. The van der Waals surface area contributed by atoms with Gasteiger partial charge in [0.05, 0.1) is 0 Å². The van der Waals surface area contributed by atoms with Crippen LogP contribution in [0.5, 0.6) is 0 Å². The molecule has 0 saturated heterocycles. The van der Waals surface area contributed by atoms with E-state index in [0.717, 1.165) is 21.9 Å². The lowest BCUT2D eigenvalue weighted by atomic mass is 9.90. The van der Waals surface area contributed by atoms with E-state index in [9.17, 15) is 0 Å². The molecule has 14 aromatic carbocycles. The van der Waals surface area contributed by atoms with E-state index in [1.807, 2.05) is 0 Å². The van der Waals surface area contributed by atoms with Crippen LogP contribution in [0.4, 0.5) is 0 Å². The van der Waals surface area contributed by atoms with E-state index in [2.05, 4.69) is 243 Å². The van der Waals surface area contributed by atoms with Crippen molar-refractivity contribution in [2.45, 2.75) is 0 Å². The Morgan fingerprint density at radius 1 is 0.188 bits per heavy atom. The number of furan rings is 1. The molecule has 0 N–H and O–H groups in total. The Morgan fingerprint density at radius 2 is 0.507 bits per heavy atom. The highest BCUT2D eigenvalue weighted by Gasteiger charge is 2.16. The van der Waals surface area contributed by atoms with E-state index in [-0.39, 0.29) is 0 Å². The minimum absolute atomic E-state index is 0.896. The summed E-state index contributed by atoms with van der Waals surface area (Å²) in [6.45, 7) is 0. The summed E-state index contributed by atoms with van der Waals surface area (Å²) in [6.07, 6.45) is 0. The van der Waals surface area contributed by atoms with Gasteiger partial charge in [-0.25, -0.2) is 0 Å². The standard InChI is InChI=1S/C68H40O/c1-3-11-55-41(9-1)17-27-53-39-61(57-13-5-7-15-59(57)67(53)55)51-25-23-43-33-45(19-21-47(43)35-51)49-29-31-65-63(37-49)64-38-50(30-32-66(64)69-65)46-20-22-48-36-52(26-24-44(48)34-46)62-40-54-28-18-42-10-2-4-12-56(42)68(54)60-16-8-6-14-58(60)62/h1-40H. The molecule has 0 spiro atoms. The Morgan fingerprint density at radius 3 is 0.957 bits per heavy atom. The molecule has 0 atom stereocenters. The number of rotatable bonds is 4. The molecule has 0 saturated carbocycles. The minimum Gasteiger partial charge on any atom is -0.456 e. The molecule has 1 aromatic heterocycles. The molecule has 0 amide bonds. The van der Waals surface area contributed by atoms with Gasteiger partial charge in [0.2, 0.25) is 0 Å². The molecular weight excluding hydrogens is 833 g/mol. The minimum atomic E-state index is 0.896. The maximum Gasteiger partial charge on any atom is 0.135 e. The van der Waals surface area contributed by atoms with Gasteiger partial charge in [-0.05, 0) is 191 Å². The third-order valence-corrected chi connectivity index (χ3v) is 14.9. The highest BCUT2D eigenvalue weighted by atomic mass is 16.3. The number of hydrogen-bond donors (Lipinski definition) is 0. The average Bonchev–Trinajstić information content (AvgIpc) is 3.79. The van der Waals surface area contributed by atoms with E-state index >= 15 is 0 Å². The van der Waals surface area contributed by atoms with Crippen LogP contribution in [-0.2, 0) is 0 Å². The summed E-state index contributed by atoms with van der Waals surface area (Å²) in [4.78, 5) is 0. The third-order valence-electron chi connectivity index (χ3n) is 14.9. The molecule has 1 nitrogen and oxygen atoms in total. The number of hydrogen-bond acceptors (Lipinski definition) is 1. The molecule has 0 fully saturated rings. The molecular formula is C68H40O. The zero-order chi connectivity index (χ0) is 45.2. The first-order chi connectivity index (χ1) is 34.1. The summed E-state index contributed by atoms with van der Waals surface area (Å²) in [5, 5.41) is 22.6. The SMILES string of the molecule is c1ccc2c(c1)ccc1cc(-c3ccc4cc(-c5ccc6oc7ccc(-c8ccc9cc(-c%10cc%11ccc%12ccccc%12c%11c%11ccccc%10%11)ccc9c8)cc7c6c5)ccc4c3)c3ccccc3c12. The smallest absolute Gasteiger partial charge is 0.135 e. The summed E-state index contributed by atoms with van der Waals surface area (Å²) in [7, 11) is 0. The van der Waals surface area contributed by atoms with Crippen LogP contribution >= 0.6 is 0 Å². The maximum atomic E-state index is 6.44. The zero-order valence-electron chi connectivity index (χ0n) is 37.5. The molecule has 0 aliphatic carbocycles. The van der Waals surface area contributed by atoms with Gasteiger partial charge in [-0.3, -0.25) is 0 Å². The Hall–Kier alpha value is -9.04. The van der Waals surface area contributed by atoms with Crippen LogP contribution in [0.25, 0.3) is 153 Å². The Kier molecular flexibility index (Phi) is 8.13. The molecule has 15 aromatic rings. The molecule has 0 bridgehead atoms. The first-order valence-electron chi connectivity index (χ1n) is 23.9. The second-order valence-electron chi connectivity index (χ2n) is 18.8. The number of fused-ring (bicyclic) bond motifs is 15. The van der Waals surface area contributed by atoms with E-state index in [1.165, 1.54) is 131 Å². The van der Waals surface area contributed by atoms with Gasteiger partial charge in [-0.15, -0.1) is 0 Å². The average molecular weight is 873 g/mol. The highest BCUT2D eigenvalue weighted by Crippen LogP contribution is 2.42. The Balaban J connectivity index is 0.764. The largest absolute Gasteiger partial charge is 0.456 e. The van der Waals surface area contributed by atoms with Crippen LogP contribution in [0.1, 0.15) is 0 Å². The molecule has 0 unspecified atom stereocenters. The zero-order valence-corrected chi connectivity index (χ0v) is 37.5. The predicted octanol–water partition coefficient (Wildman–Crippen LogP) is 19.5. The van der Waals surface area contributed by atoms with Crippen molar-refractivity contribution in [2.75, 3.05) is 0 Å². The predicted molar refractivity (Wildman–Crippen MR) is 296 cm³/mol. The fraction of sp³-hybridized carbons (Fsp3) is 0. The van der Waals surface area contributed by atoms with Gasteiger partial charge in [0.25, 0.3) is 0 Å². The topological polar surface area (TPSA) is 13.1 Å². The first-order valence-corrected chi connectivity index (χ1v) is 23.9. The fourth-order valence-corrected chi connectivity index (χ4v) is 11.6. The van der Waals surface area contributed by atoms with Gasteiger partial charge < -0.3 is 4.42 Å². The normalized spacial score (nSPS) is 12.1. The Bertz CT molecular complexity index is 4370. The maximum absolute atomic E-state index is 6.44. The second kappa shape index (κ2) is 14.7. The number of benzene rings is 14. The molecule has 318 valence electrons. The molecule has 15 rings (SSSR count). The summed E-state index contributed by atoms with van der Waals surface area (Å²) in [6, 6.07) is 89.7. The molecule has 0 radical (unpaired) electrons. The molecule has 0 aliphatic heterocycles. The van der Waals surface area contributed by atoms with Gasteiger partial charge in [-0.1, -0.05) is 182 Å². The molecule has 69 heavy (non-hydrogen) atoms. The molecule has 1 heterocycles. The van der Waals surface area contributed by atoms with Crippen LogP contribution in [0, 0.1) is 0 Å². The lowest BCUT2D eigenvalue weighted by molar-refractivity contribution is 0.669. The van der Waals surface area contributed by atoms with Crippen LogP contribution in [-0.4, -0.2) is 0 Å². The van der Waals surface area contributed by atoms with Crippen LogP contribution in [0.2, 0.25) is 0 Å². The van der Waals surface area contributed by atoms with Crippen LogP contribution in [0.15, 0.2) is 247 Å². The van der Waals surface area contributed by atoms with Gasteiger partial charge in [0.1, 0.15) is 11.2 Å². The summed E-state index contributed by atoms with van der Waals surface area (Å²) < 4.78 is 6.44. The van der Waals surface area contributed by atoms with Gasteiger partial charge >= 0.3 is 0 Å². The molecule has 0 aliphatic rings. The van der Waals surface area contributed by atoms with Gasteiger partial charge in [0.15, 0.2) is 0 Å². The van der Waals surface area contributed by atoms with Crippen molar-refractivity contribution in [3.05, 3.63) is 243 Å². The quantitative estimate of drug-likeness (QED) is 0.161. The first kappa shape index (κ1) is 38.1. The lowest BCUT2D eigenvalue weighted by Crippen LogP contribution is -1.87. The van der Waals surface area contributed by atoms with Crippen molar-refractivity contribution in [2.24, 2.45) is 0 Å². The molecule has 1 heteroatoms. The van der Waals surface area contributed by atoms with Crippen molar-refractivity contribution in [3.63, 3.8) is 0 Å². The van der Waals surface area contributed by atoms with Crippen molar-refractivity contribution >= 4 is 108 Å². The fourth-order valence-electron chi connectivity index (χ4n) is 11.6. The summed E-state index contributed by atoms with van der Waals surface area (Å²) >= 11 is 0. The van der Waals surface area contributed by atoms with Crippen molar-refractivity contribution in [1.29, 1.82) is 0 Å². The second-order valence-corrected chi connectivity index (χ2v) is 18.8. The van der Waals surface area contributed by atoms with E-state index in [0.29, 0.717) is 0 Å². The van der Waals surface area contributed by atoms with Crippen molar-refractivity contribution in [3.8, 4) is 44.5 Å². The van der Waals surface area contributed by atoms with E-state index in [4.69, 9.17) is 4.42 Å². The monoisotopic (exact) mass is 872 g/mol. The van der Waals surface area contributed by atoms with Crippen LogP contribution in [0.3, 0.4) is 0 Å². The van der Waals surface area contributed by atoms with Gasteiger partial charge in [0, 0.05) is 10.8 Å². The third kappa shape index (κ3) is 5.97. The van der Waals surface area contributed by atoms with E-state index < -0.39 is 0 Å². The highest BCUT2D eigenvalue weighted by molar-refractivity contribution is 6.25. The van der Waals surface area contributed by atoms with Crippen molar-refractivity contribution in [1.82, 2.24) is 0 Å².